The Labute approximate surface area is 106 Å². The molecule has 0 fully saturated rings. The monoisotopic (exact) mass is 246 g/mol. The first kappa shape index (κ1) is 16.8. The zero-order valence-electron chi connectivity index (χ0n) is 11.7. The van der Waals surface area contributed by atoms with Crippen molar-refractivity contribution in [2.24, 2.45) is 5.84 Å². The molecule has 0 aliphatic rings. The predicted molar refractivity (Wildman–Crippen MR) is 71.5 cm³/mol. The summed E-state index contributed by atoms with van der Waals surface area (Å²) in [5.74, 6) is 5.57. The summed E-state index contributed by atoms with van der Waals surface area (Å²) in [4.78, 5) is 0. The maximum atomic E-state index is 5.57. The molecule has 1 unspecified atom stereocenters. The molecule has 0 aromatic carbocycles. The van der Waals surface area contributed by atoms with Crippen LogP contribution in [0.4, 0.5) is 0 Å². The molecule has 0 bridgehead atoms. The average molecular weight is 246 g/mol. The Hall–Kier alpha value is -0.160. The molecular formula is C13H30N2O2. The third-order valence-electron chi connectivity index (χ3n) is 2.82. The van der Waals surface area contributed by atoms with E-state index in [1.54, 1.807) is 0 Å². The van der Waals surface area contributed by atoms with Crippen molar-refractivity contribution >= 4 is 0 Å². The Balaban J connectivity index is 3.83. The first-order valence-electron chi connectivity index (χ1n) is 6.99. The van der Waals surface area contributed by atoms with Crippen molar-refractivity contribution in [3.05, 3.63) is 0 Å². The Bertz CT molecular complexity index is 150. The molecule has 3 N–H and O–H groups in total. The molecule has 0 spiro atoms. The molecule has 0 aromatic heterocycles. The van der Waals surface area contributed by atoms with Gasteiger partial charge in [0.15, 0.2) is 6.29 Å². The molecule has 0 rings (SSSR count). The molecule has 4 heteroatoms. The van der Waals surface area contributed by atoms with Crippen molar-refractivity contribution in [1.29, 1.82) is 0 Å². The Morgan fingerprint density at radius 1 is 0.941 bits per heavy atom. The van der Waals surface area contributed by atoms with Gasteiger partial charge in [-0.3, -0.25) is 11.3 Å². The highest BCUT2D eigenvalue weighted by Crippen LogP contribution is 2.12. The normalized spacial score (nSPS) is 13.2. The summed E-state index contributed by atoms with van der Waals surface area (Å²) in [5.41, 5.74) is 2.81. The fourth-order valence-electron chi connectivity index (χ4n) is 1.87. The van der Waals surface area contributed by atoms with E-state index in [1.807, 2.05) is 13.8 Å². The van der Waals surface area contributed by atoms with E-state index in [-0.39, 0.29) is 12.3 Å². The van der Waals surface area contributed by atoms with E-state index in [9.17, 15) is 0 Å². The van der Waals surface area contributed by atoms with Crippen LogP contribution in [0.25, 0.3) is 0 Å². The highest BCUT2D eigenvalue weighted by Gasteiger charge is 2.20. The van der Waals surface area contributed by atoms with Crippen molar-refractivity contribution in [1.82, 2.24) is 5.43 Å². The molecule has 0 amide bonds. The van der Waals surface area contributed by atoms with Crippen LogP contribution in [0.3, 0.4) is 0 Å². The van der Waals surface area contributed by atoms with Crippen LogP contribution < -0.4 is 11.3 Å². The zero-order chi connectivity index (χ0) is 12.9. The fourth-order valence-corrected chi connectivity index (χ4v) is 1.87. The molecule has 0 aromatic rings. The van der Waals surface area contributed by atoms with Gasteiger partial charge in [-0.25, -0.2) is 0 Å². The van der Waals surface area contributed by atoms with Crippen molar-refractivity contribution in [3.63, 3.8) is 0 Å². The number of ether oxygens (including phenoxy) is 2. The van der Waals surface area contributed by atoms with Gasteiger partial charge in [-0.2, -0.15) is 0 Å². The maximum Gasteiger partial charge on any atom is 0.173 e. The summed E-state index contributed by atoms with van der Waals surface area (Å²) in [5, 5.41) is 0. The highest BCUT2D eigenvalue weighted by molar-refractivity contribution is 4.68. The van der Waals surface area contributed by atoms with E-state index in [0.29, 0.717) is 13.2 Å². The molecule has 0 aliphatic heterocycles. The third kappa shape index (κ3) is 8.55. The van der Waals surface area contributed by atoms with Gasteiger partial charge in [0, 0.05) is 13.2 Å². The molecule has 1 atom stereocenters. The lowest BCUT2D eigenvalue weighted by Crippen LogP contribution is -2.46. The van der Waals surface area contributed by atoms with Crippen molar-refractivity contribution in [2.45, 2.75) is 71.6 Å². The second-order valence-electron chi connectivity index (χ2n) is 4.26. The Kier molecular flexibility index (Phi) is 12.2. The number of nitrogens with two attached hydrogens (primary N) is 1. The highest BCUT2D eigenvalue weighted by atomic mass is 16.7. The van der Waals surface area contributed by atoms with Crippen LogP contribution in [0.15, 0.2) is 0 Å². The topological polar surface area (TPSA) is 56.5 Å². The quantitative estimate of drug-likeness (QED) is 0.240. The molecule has 0 saturated heterocycles. The summed E-state index contributed by atoms with van der Waals surface area (Å²) >= 11 is 0. The van der Waals surface area contributed by atoms with E-state index < -0.39 is 0 Å². The minimum absolute atomic E-state index is 0.0940. The molecule has 0 radical (unpaired) electrons. The van der Waals surface area contributed by atoms with Crippen LogP contribution in [0, 0.1) is 0 Å². The van der Waals surface area contributed by atoms with Gasteiger partial charge in [0.1, 0.15) is 0 Å². The lowest BCUT2D eigenvalue weighted by atomic mass is 10.1. The third-order valence-corrected chi connectivity index (χ3v) is 2.82. The van der Waals surface area contributed by atoms with Crippen LogP contribution in [-0.4, -0.2) is 25.5 Å². The lowest BCUT2D eigenvalue weighted by Gasteiger charge is -2.26. The van der Waals surface area contributed by atoms with Gasteiger partial charge in [-0.05, 0) is 20.3 Å². The number of rotatable bonds is 12. The number of unbranched alkanes of at least 4 members (excludes halogenated alkanes) is 4. The number of hydrazine groups is 1. The number of hydrogen-bond donors (Lipinski definition) is 2. The van der Waals surface area contributed by atoms with Crippen molar-refractivity contribution in [3.8, 4) is 0 Å². The second-order valence-corrected chi connectivity index (χ2v) is 4.26. The summed E-state index contributed by atoms with van der Waals surface area (Å²) in [7, 11) is 0. The fraction of sp³-hybridized carbons (Fsp3) is 1.00. The largest absolute Gasteiger partial charge is 0.351 e. The van der Waals surface area contributed by atoms with Gasteiger partial charge in [0.2, 0.25) is 0 Å². The smallest absolute Gasteiger partial charge is 0.173 e. The van der Waals surface area contributed by atoms with Crippen molar-refractivity contribution < 1.29 is 9.47 Å². The first-order chi connectivity index (χ1) is 8.29. The molecule has 4 nitrogen and oxygen atoms in total. The number of hydrogen-bond acceptors (Lipinski definition) is 4. The SMILES string of the molecule is CCCCCCCC(NN)C(OCC)OCC. The summed E-state index contributed by atoms with van der Waals surface area (Å²) < 4.78 is 11.1. The molecule has 104 valence electrons. The van der Waals surface area contributed by atoms with E-state index in [2.05, 4.69) is 12.3 Å². The average Bonchev–Trinajstić information content (AvgIpc) is 2.34. The Morgan fingerprint density at radius 3 is 2.00 bits per heavy atom. The van der Waals surface area contributed by atoms with Gasteiger partial charge in [-0.1, -0.05) is 39.0 Å². The van der Waals surface area contributed by atoms with Crippen LogP contribution >= 0.6 is 0 Å². The summed E-state index contributed by atoms with van der Waals surface area (Å²) in [6.45, 7) is 7.48. The molecule has 0 aliphatic carbocycles. The van der Waals surface area contributed by atoms with Crippen LogP contribution in [0.1, 0.15) is 59.3 Å². The first-order valence-corrected chi connectivity index (χ1v) is 6.99. The standard InChI is InChI=1S/C13H30N2O2/c1-4-7-8-9-10-11-12(15-14)13(16-5-2)17-6-3/h12-13,15H,4-11,14H2,1-3H3. The van der Waals surface area contributed by atoms with Crippen LogP contribution in [0.2, 0.25) is 0 Å². The molecular weight excluding hydrogens is 216 g/mol. The Morgan fingerprint density at radius 2 is 1.53 bits per heavy atom. The number of nitrogens with one attached hydrogen (secondary N) is 1. The lowest BCUT2D eigenvalue weighted by molar-refractivity contribution is -0.155. The predicted octanol–water partition coefficient (Wildman–Crippen LogP) is 2.58. The van der Waals surface area contributed by atoms with Gasteiger partial charge < -0.3 is 9.47 Å². The van der Waals surface area contributed by atoms with Crippen LogP contribution in [0.5, 0.6) is 0 Å². The van der Waals surface area contributed by atoms with E-state index >= 15 is 0 Å². The van der Waals surface area contributed by atoms with E-state index in [1.165, 1.54) is 32.1 Å². The molecule has 17 heavy (non-hydrogen) atoms. The van der Waals surface area contributed by atoms with E-state index in [4.69, 9.17) is 15.3 Å². The van der Waals surface area contributed by atoms with Gasteiger partial charge in [0.25, 0.3) is 0 Å². The maximum absolute atomic E-state index is 5.57. The van der Waals surface area contributed by atoms with Crippen LogP contribution in [-0.2, 0) is 9.47 Å². The van der Waals surface area contributed by atoms with Crippen molar-refractivity contribution in [2.75, 3.05) is 13.2 Å². The summed E-state index contributed by atoms with van der Waals surface area (Å²) in [6, 6.07) is 0.0940. The minimum atomic E-state index is -0.221. The van der Waals surface area contributed by atoms with Gasteiger partial charge >= 0.3 is 0 Å². The summed E-state index contributed by atoms with van der Waals surface area (Å²) in [6.07, 6.45) is 7.12. The molecule has 0 saturated carbocycles. The van der Waals surface area contributed by atoms with Gasteiger partial charge in [-0.15, -0.1) is 0 Å². The van der Waals surface area contributed by atoms with Gasteiger partial charge in [0.05, 0.1) is 6.04 Å². The van der Waals surface area contributed by atoms with E-state index in [0.717, 1.165) is 6.42 Å². The minimum Gasteiger partial charge on any atom is -0.351 e. The molecule has 0 heterocycles. The zero-order valence-corrected chi connectivity index (χ0v) is 11.7. The second kappa shape index (κ2) is 12.3.